The SMILES string of the molecule is O=C(O)CCOC(=O)C(c1ccc(-c2ccc(C(F)(F)F)cc2C(F)(F)F)nn1)N1C=Cc2nc(-c3ccccc3F)[nH]c2C1. The Morgan fingerprint density at radius 1 is 0.978 bits per heavy atom. The van der Waals surface area contributed by atoms with Gasteiger partial charge in [0.05, 0.1) is 52.4 Å². The molecular formula is C29H20F7N5O4. The van der Waals surface area contributed by atoms with Crippen molar-refractivity contribution in [2.45, 2.75) is 31.4 Å². The minimum Gasteiger partial charge on any atom is -0.481 e. The fourth-order valence-corrected chi connectivity index (χ4v) is 4.60. The summed E-state index contributed by atoms with van der Waals surface area (Å²) in [6.07, 6.45) is -7.73. The van der Waals surface area contributed by atoms with Crippen molar-refractivity contribution < 1.29 is 50.2 Å². The van der Waals surface area contributed by atoms with Crippen LogP contribution in [0.1, 0.15) is 40.7 Å². The molecule has 1 aliphatic rings. The van der Waals surface area contributed by atoms with Gasteiger partial charge in [-0.1, -0.05) is 18.2 Å². The van der Waals surface area contributed by atoms with E-state index in [1.807, 2.05) is 0 Å². The van der Waals surface area contributed by atoms with Gasteiger partial charge in [-0.3, -0.25) is 4.79 Å². The van der Waals surface area contributed by atoms with Crippen LogP contribution in [0.3, 0.4) is 0 Å². The summed E-state index contributed by atoms with van der Waals surface area (Å²) in [5.41, 5.74) is -3.20. The Kier molecular flexibility index (Phi) is 8.32. The van der Waals surface area contributed by atoms with Crippen LogP contribution in [-0.2, 0) is 33.2 Å². The van der Waals surface area contributed by atoms with Gasteiger partial charge in [-0.25, -0.2) is 14.2 Å². The maximum Gasteiger partial charge on any atom is 0.417 e. The number of nitrogens with zero attached hydrogens (tertiary/aromatic N) is 4. The molecule has 0 fully saturated rings. The van der Waals surface area contributed by atoms with E-state index in [0.717, 1.165) is 12.1 Å². The Bertz CT molecular complexity index is 1770. The minimum absolute atomic E-state index is 0.0242. The molecule has 16 heteroatoms. The fraction of sp³-hybridized carbons (Fsp3) is 0.207. The van der Waals surface area contributed by atoms with Crippen LogP contribution in [0.2, 0.25) is 0 Å². The summed E-state index contributed by atoms with van der Waals surface area (Å²) in [5.74, 6) is -2.51. The average molecular weight is 635 g/mol. The lowest BCUT2D eigenvalue weighted by Gasteiger charge is -2.30. The highest BCUT2D eigenvalue weighted by Crippen LogP contribution is 2.40. The smallest absolute Gasteiger partial charge is 0.417 e. The summed E-state index contributed by atoms with van der Waals surface area (Å²) in [5, 5.41) is 16.6. The molecule has 0 saturated heterocycles. The van der Waals surface area contributed by atoms with Crippen molar-refractivity contribution >= 4 is 18.0 Å². The monoisotopic (exact) mass is 635 g/mol. The molecule has 0 bridgehead atoms. The molecule has 45 heavy (non-hydrogen) atoms. The van der Waals surface area contributed by atoms with Crippen LogP contribution >= 0.6 is 0 Å². The standard InChI is InChI=1S/C29H20F7N5O4/c30-19-4-2-1-3-17(19)26-37-21-9-11-41(14-23(21)38-26)25(27(44)45-12-10-24(42)43)22-8-7-20(39-40-22)16-6-5-15(28(31,32)33)13-18(16)29(34,35)36/h1-9,11,13,25H,10,12,14H2,(H,37,38)(H,42,43). The van der Waals surface area contributed by atoms with Crippen molar-refractivity contribution in [2.24, 2.45) is 0 Å². The van der Waals surface area contributed by atoms with E-state index < -0.39 is 71.6 Å². The molecule has 0 aliphatic carbocycles. The van der Waals surface area contributed by atoms with E-state index in [9.17, 15) is 40.3 Å². The molecule has 234 valence electrons. The predicted molar refractivity (Wildman–Crippen MR) is 142 cm³/mol. The maximum atomic E-state index is 14.3. The number of esters is 1. The van der Waals surface area contributed by atoms with Crippen molar-refractivity contribution in [3.05, 3.63) is 94.8 Å². The molecule has 5 rings (SSSR count). The number of benzene rings is 2. The van der Waals surface area contributed by atoms with Gasteiger partial charge in [0, 0.05) is 11.8 Å². The van der Waals surface area contributed by atoms with Gasteiger partial charge in [-0.2, -0.15) is 36.5 Å². The lowest BCUT2D eigenvalue weighted by Crippen LogP contribution is -2.33. The average Bonchev–Trinajstić information content (AvgIpc) is 3.40. The van der Waals surface area contributed by atoms with Gasteiger partial charge in [0.25, 0.3) is 0 Å². The normalized spacial score (nSPS) is 13.8. The van der Waals surface area contributed by atoms with Gasteiger partial charge in [0.15, 0.2) is 6.04 Å². The highest BCUT2D eigenvalue weighted by atomic mass is 19.4. The first-order valence-corrected chi connectivity index (χ1v) is 13.0. The van der Waals surface area contributed by atoms with E-state index in [1.165, 1.54) is 35.4 Å². The second kappa shape index (κ2) is 12.0. The van der Waals surface area contributed by atoms with Gasteiger partial charge in [0.1, 0.15) is 18.2 Å². The van der Waals surface area contributed by atoms with Crippen LogP contribution in [0, 0.1) is 5.82 Å². The number of ether oxygens (including phenoxy) is 1. The number of halogens is 7. The van der Waals surface area contributed by atoms with E-state index in [4.69, 9.17) is 9.84 Å². The van der Waals surface area contributed by atoms with Crippen LogP contribution in [0.15, 0.2) is 60.8 Å². The van der Waals surface area contributed by atoms with Crippen molar-refractivity contribution in [3.8, 4) is 22.6 Å². The number of carboxylic acid groups (broad SMARTS) is 1. The van der Waals surface area contributed by atoms with Gasteiger partial charge < -0.3 is 19.7 Å². The van der Waals surface area contributed by atoms with Gasteiger partial charge >= 0.3 is 24.3 Å². The molecule has 0 saturated carbocycles. The third-order valence-corrected chi connectivity index (χ3v) is 6.71. The molecule has 2 aromatic heterocycles. The zero-order chi connectivity index (χ0) is 32.5. The number of aromatic amines is 1. The number of fused-ring (bicyclic) bond motifs is 1. The summed E-state index contributed by atoms with van der Waals surface area (Å²) < 4.78 is 100.0. The molecular weight excluding hydrogens is 615 g/mol. The van der Waals surface area contributed by atoms with Crippen LogP contribution < -0.4 is 0 Å². The maximum absolute atomic E-state index is 14.3. The summed E-state index contributed by atoms with van der Waals surface area (Å²) in [6.45, 7) is -0.534. The highest BCUT2D eigenvalue weighted by Gasteiger charge is 2.39. The van der Waals surface area contributed by atoms with Crippen molar-refractivity contribution in [1.29, 1.82) is 0 Å². The first-order valence-electron chi connectivity index (χ1n) is 13.0. The number of rotatable bonds is 8. The predicted octanol–water partition coefficient (Wildman–Crippen LogP) is 6.26. The third kappa shape index (κ3) is 6.78. The number of aromatic nitrogens is 4. The van der Waals surface area contributed by atoms with E-state index in [0.29, 0.717) is 23.5 Å². The lowest BCUT2D eigenvalue weighted by molar-refractivity contribution is -0.151. The summed E-state index contributed by atoms with van der Waals surface area (Å²) >= 11 is 0. The molecule has 0 spiro atoms. The number of carboxylic acids is 1. The third-order valence-electron chi connectivity index (χ3n) is 6.71. The molecule has 3 heterocycles. The number of hydrogen-bond donors (Lipinski definition) is 2. The van der Waals surface area contributed by atoms with Crippen molar-refractivity contribution in [2.75, 3.05) is 6.61 Å². The largest absolute Gasteiger partial charge is 0.481 e. The Balaban J connectivity index is 1.47. The van der Waals surface area contributed by atoms with Crippen LogP contribution in [0.5, 0.6) is 0 Å². The van der Waals surface area contributed by atoms with Crippen molar-refractivity contribution in [3.63, 3.8) is 0 Å². The molecule has 1 atom stereocenters. The molecule has 4 aromatic rings. The Hall–Kier alpha value is -5.28. The fourth-order valence-electron chi connectivity index (χ4n) is 4.60. The Morgan fingerprint density at radius 3 is 2.38 bits per heavy atom. The first kappa shape index (κ1) is 31.2. The molecule has 2 aromatic carbocycles. The van der Waals surface area contributed by atoms with Crippen LogP contribution in [0.4, 0.5) is 30.7 Å². The highest BCUT2D eigenvalue weighted by molar-refractivity contribution is 5.78. The second-order valence-corrected chi connectivity index (χ2v) is 9.73. The summed E-state index contributed by atoms with van der Waals surface area (Å²) in [7, 11) is 0. The minimum atomic E-state index is -5.16. The number of carbonyl (C=O) groups is 2. The number of hydrogen-bond acceptors (Lipinski definition) is 7. The number of nitrogens with one attached hydrogen (secondary N) is 1. The number of aliphatic carboxylic acids is 1. The van der Waals surface area contributed by atoms with E-state index in [1.54, 1.807) is 6.07 Å². The van der Waals surface area contributed by atoms with Gasteiger partial charge in [-0.05, 0) is 42.5 Å². The molecule has 9 nitrogen and oxygen atoms in total. The number of carbonyl (C=O) groups excluding carboxylic acids is 1. The Morgan fingerprint density at radius 2 is 1.73 bits per heavy atom. The second-order valence-electron chi connectivity index (χ2n) is 9.73. The van der Waals surface area contributed by atoms with Gasteiger partial charge in [0.2, 0.25) is 0 Å². The number of H-pyrrole nitrogens is 1. The zero-order valence-electron chi connectivity index (χ0n) is 22.7. The molecule has 0 radical (unpaired) electrons. The quantitative estimate of drug-likeness (QED) is 0.172. The number of alkyl halides is 6. The van der Waals surface area contributed by atoms with Crippen molar-refractivity contribution in [1.82, 2.24) is 25.1 Å². The summed E-state index contributed by atoms with van der Waals surface area (Å²) in [6, 6.07) is 7.82. The van der Waals surface area contributed by atoms with Crippen LogP contribution in [0.25, 0.3) is 28.7 Å². The molecule has 1 unspecified atom stereocenters. The lowest BCUT2D eigenvalue weighted by atomic mass is 10.00. The van der Waals surface area contributed by atoms with Gasteiger partial charge in [-0.15, -0.1) is 0 Å². The summed E-state index contributed by atoms with van der Waals surface area (Å²) in [4.78, 5) is 32.9. The molecule has 1 aliphatic heterocycles. The number of imidazole rings is 1. The van der Waals surface area contributed by atoms with E-state index in [-0.39, 0.29) is 29.7 Å². The first-order chi connectivity index (χ1) is 21.2. The topological polar surface area (TPSA) is 121 Å². The molecule has 2 N–H and O–H groups in total. The van der Waals surface area contributed by atoms with E-state index >= 15 is 0 Å². The van der Waals surface area contributed by atoms with Crippen LogP contribution in [-0.4, -0.2) is 48.7 Å². The zero-order valence-corrected chi connectivity index (χ0v) is 22.7. The Labute approximate surface area is 249 Å². The van der Waals surface area contributed by atoms with E-state index in [2.05, 4.69) is 20.2 Å². The molecule has 0 amide bonds.